The van der Waals surface area contributed by atoms with Crippen molar-refractivity contribution in [1.29, 1.82) is 0 Å². The van der Waals surface area contributed by atoms with E-state index < -0.39 is 23.5 Å². The number of alkyl halides is 2. The average molecular weight is 261 g/mol. The van der Waals surface area contributed by atoms with Gasteiger partial charge < -0.3 is 9.64 Å². The molecular formula is C13H21F2NO2. The van der Waals surface area contributed by atoms with Gasteiger partial charge in [-0.05, 0) is 39.5 Å². The van der Waals surface area contributed by atoms with Crippen LogP contribution >= 0.6 is 0 Å². The normalized spacial score (nSPS) is 31.1. The zero-order valence-electron chi connectivity index (χ0n) is 11.2. The fourth-order valence-corrected chi connectivity index (χ4v) is 2.90. The van der Waals surface area contributed by atoms with Crippen molar-refractivity contribution in [3.05, 3.63) is 0 Å². The second-order valence-electron chi connectivity index (χ2n) is 6.41. The van der Waals surface area contributed by atoms with Crippen LogP contribution in [0.25, 0.3) is 0 Å². The molecule has 1 aliphatic carbocycles. The quantitative estimate of drug-likeness (QED) is 0.669. The summed E-state index contributed by atoms with van der Waals surface area (Å²) in [5.41, 5.74) is -0.576. The maximum absolute atomic E-state index is 13.8. The first kappa shape index (κ1) is 13.6. The zero-order valence-corrected chi connectivity index (χ0v) is 11.2. The molecular weight excluding hydrogens is 240 g/mol. The van der Waals surface area contributed by atoms with Crippen molar-refractivity contribution in [2.45, 2.75) is 51.6 Å². The summed E-state index contributed by atoms with van der Waals surface area (Å²) in [6.07, 6.45) is 0.833. The lowest BCUT2D eigenvalue weighted by Gasteiger charge is -2.32. The molecule has 0 bridgehead atoms. The molecule has 0 aromatic carbocycles. The van der Waals surface area contributed by atoms with Gasteiger partial charge in [0.2, 0.25) is 0 Å². The number of nitrogens with zero attached hydrogens (tertiary/aromatic N) is 1. The number of amides is 1. The summed E-state index contributed by atoms with van der Waals surface area (Å²) in [7, 11) is 0. The molecule has 0 radical (unpaired) electrons. The molecule has 0 aromatic rings. The fourth-order valence-electron chi connectivity index (χ4n) is 2.90. The Labute approximate surface area is 106 Å². The van der Waals surface area contributed by atoms with Crippen molar-refractivity contribution >= 4 is 6.09 Å². The standard InChI is InChI=1S/C13H21F2NO2/c1-12(2,3)18-11(17)16-7-9-5-4-6-13(14,15)10(9)8-16/h9-10H,4-8H2,1-3H3. The van der Waals surface area contributed by atoms with E-state index in [9.17, 15) is 13.6 Å². The third-order valence-electron chi connectivity index (χ3n) is 3.72. The highest BCUT2D eigenvalue weighted by molar-refractivity contribution is 5.68. The Morgan fingerprint density at radius 1 is 1.33 bits per heavy atom. The number of halogens is 2. The number of carbonyl (C=O) groups excluding carboxylic acids is 1. The molecule has 1 aliphatic heterocycles. The number of ether oxygens (including phenoxy) is 1. The monoisotopic (exact) mass is 261 g/mol. The molecule has 0 spiro atoms. The van der Waals surface area contributed by atoms with Crippen molar-refractivity contribution in [2.75, 3.05) is 13.1 Å². The van der Waals surface area contributed by atoms with Gasteiger partial charge in [-0.15, -0.1) is 0 Å². The summed E-state index contributed by atoms with van der Waals surface area (Å²) >= 11 is 0. The molecule has 2 rings (SSSR count). The molecule has 1 heterocycles. The van der Waals surface area contributed by atoms with Gasteiger partial charge >= 0.3 is 6.09 Å². The van der Waals surface area contributed by atoms with Crippen LogP contribution in [0.5, 0.6) is 0 Å². The molecule has 0 aromatic heterocycles. The van der Waals surface area contributed by atoms with Gasteiger partial charge in [0.25, 0.3) is 5.92 Å². The Morgan fingerprint density at radius 2 is 2.00 bits per heavy atom. The lowest BCUT2D eigenvalue weighted by molar-refractivity contribution is -0.0944. The SMILES string of the molecule is CC(C)(C)OC(=O)N1CC2CCCC(F)(F)C2C1. The highest BCUT2D eigenvalue weighted by atomic mass is 19.3. The van der Waals surface area contributed by atoms with Gasteiger partial charge in [-0.2, -0.15) is 0 Å². The lowest BCUT2D eigenvalue weighted by Crippen LogP contribution is -2.38. The molecule has 18 heavy (non-hydrogen) atoms. The van der Waals surface area contributed by atoms with Crippen LogP contribution in [0.4, 0.5) is 13.6 Å². The number of rotatable bonds is 0. The Morgan fingerprint density at radius 3 is 2.56 bits per heavy atom. The molecule has 0 N–H and O–H groups in total. The van der Waals surface area contributed by atoms with Crippen LogP contribution in [0.1, 0.15) is 40.0 Å². The van der Waals surface area contributed by atoms with Gasteiger partial charge in [0.1, 0.15) is 5.60 Å². The minimum absolute atomic E-state index is 0.0453. The van der Waals surface area contributed by atoms with Gasteiger partial charge in [-0.3, -0.25) is 0 Å². The van der Waals surface area contributed by atoms with Gasteiger partial charge in [0.05, 0.1) is 0 Å². The van der Waals surface area contributed by atoms with E-state index >= 15 is 0 Å². The van der Waals surface area contributed by atoms with Crippen molar-refractivity contribution in [3.63, 3.8) is 0 Å². The van der Waals surface area contributed by atoms with Gasteiger partial charge in [0, 0.05) is 25.4 Å². The minimum Gasteiger partial charge on any atom is -0.444 e. The highest BCUT2D eigenvalue weighted by Gasteiger charge is 2.52. The van der Waals surface area contributed by atoms with E-state index in [-0.39, 0.29) is 18.9 Å². The molecule has 5 heteroatoms. The van der Waals surface area contributed by atoms with Crippen molar-refractivity contribution < 1.29 is 18.3 Å². The molecule has 2 fully saturated rings. The summed E-state index contributed by atoms with van der Waals surface area (Å²) in [5.74, 6) is -3.38. The Hall–Kier alpha value is -0.870. The van der Waals surface area contributed by atoms with Crippen LogP contribution in [0.2, 0.25) is 0 Å². The second-order valence-corrected chi connectivity index (χ2v) is 6.41. The van der Waals surface area contributed by atoms with Gasteiger partial charge in [0.15, 0.2) is 0 Å². The lowest BCUT2D eigenvalue weighted by atomic mass is 9.79. The number of likely N-dealkylation sites (tertiary alicyclic amines) is 1. The second kappa shape index (κ2) is 4.35. The van der Waals surface area contributed by atoms with Gasteiger partial charge in [-0.25, -0.2) is 13.6 Å². The number of hydrogen-bond acceptors (Lipinski definition) is 2. The van der Waals surface area contributed by atoms with Crippen molar-refractivity contribution in [3.8, 4) is 0 Å². The smallest absolute Gasteiger partial charge is 0.410 e. The third-order valence-corrected chi connectivity index (χ3v) is 3.72. The first-order valence-corrected chi connectivity index (χ1v) is 6.55. The number of fused-ring (bicyclic) bond motifs is 1. The number of carbonyl (C=O) groups is 1. The number of hydrogen-bond donors (Lipinski definition) is 0. The molecule has 1 amide bonds. The minimum atomic E-state index is -2.63. The molecule has 3 nitrogen and oxygen atoms in total. The Kier molecular flexibility index (Phi) is 3.28. The van der Waals surface area contributed by atoms with Gasteiger partial charge in [-0.1, -0.05) is 0 Å². The van der Waals surface area contributed by atoms with E-state index in [1.54, 1.807) is 20.8 Å². The van der Waals surface area contributed by atoms with E-state index in [0.717, 1.165) is 6.42 Å². The average Bonchev–Trinajstić information content (AvgIpc) is 2.59. The largest absolute Gasteiger partial charge is 0.444 e. The topological polar surface area (TPSA) is 29.5 Å². The predicted molar refractivity (Wildman–Crippen MR) is 63.6 cm³/mol. The maximum atomic E-state index is 13.8. The maximum Gasteiger partial charge on any atom is 0.410 e. The Bertz CT molecular complexity index is 338. The van der Waals surface area contributed by atoms with Crippen LogP contribution in [-0.2, 0) is 4.74 Å². The van der Waals surface area contributed by atoms with E-state index in [2.05, 4.69) is 0 Å². The molecule has 1 saturated heterocycles. The molecule has 2 aliphatic rings. The molecule has 2 unspecified atom stereocenters. The fraction of sp³-hybridized carbons (Fsp3) is 0.923. The Balaban J connectivity index is 2.01. The van der Waals surface area contributed by atoms with Crippen LogP contribution < -0.4 is 0 Å². The van der Waals surface area contributed by atoms with Crippen LogP contribution in [0, 0.1) is 11.8 Å². The van der Waals surface area contributed by atoms with Crippen LogP contribution in [0.15, 0.2) is 0 Å². The van der Waals surface area contributed by atoms with Crippen LogP contribution in [0.3, 0.4) is 0 Å². The molecule has 104 valence electrons. The van der Waals surface area contributed by atoms with Crippen molar-refractivity contribution in [2.24, 2.45) is 11.8 Å². The summed E-state index contributed by atoms with van der Waals surface area (Å²) in [5, 5.41) is 0. The zero-order chi connectivity index (χ0) is 13.6. The van der Waals surface area contributed by atoms with E-state index in [4.69, 9.17) is 4.74 Å². The summed E-state index contributed by atoms with van der Waals surface area (Å²) in [4.78, 5) is 13.3. The van der Waals surface area contributed by atoms with Crippen molar-refractivity contribution in [1.82, 2.24) is 4.90 Å². The van der Waals surface area contributed by atoms with E-state index in [1.165, 1.54) is 4.90 Å². The summed E-state index contributed by atoms with van der Waals surface area (Å²) in [6.45, 7) is 5.88. The van der Waals surface area contributed by atoms with E-state index in [0.29, 0.717) is 13.0 Å². The first-order valence-electron chi connectivity index (χ1n) is 6.55. The summed E-state index contributed by atoms with van der Waals surface area (Å²) in [6, 6.07) is 0. The third kappa shape index (κ3) is 2.75. The van der Waals surface area contributed by atoms with E-state index in [1.807, 2.05) is 0 Å². The molecule has 1 saturated carbocycles. The summed E-state index contributed by atoms with van der Waals surface area (Å²) < 4.78 is 32.7. The predicted octanol–water partition coefficient (Wildman–Crippen LogP) is 3.29. The highest BCUT2D eigenvalue weighted by Crippen LogP contribution is 2.45. The molecule has 2 atom stereocenters. The van der Waals surface area contributed by atoms with Crippen LogP contribution in [-0.4, -0.2) is 35.6 Å². The first-order chi connectivity index (χ1) is 8.19.